The Kier molecular flexibility index (Phi) is 3.24. The van der Waals surface area contributed by atoms with Gasteiger partial charge in [0.2, 0.25) is 0 Å². The van der Waals surface area contributed by atoms with Gasteiger partial charge >= 0.3 is 0 Å². The second kappa shape index (κ2) is 5.53. The predicted molar refractivity (Wildman–Crippen MR) is 93.0 cm³/mol. The molecule has 3 aromatic carbocycles. The van der Waals surface area contributed by atoms with E-state index in [1.54, 1.807) is 0 Å². The number of H-pyrrole nitrogens is 1. The zero-order valence-electron chi connectivity index (χ0n) is 12.3. The van der Waals surface area contributed by atoms with Crippen LogP contribution in [-0.4, -0.2) is 4.98 Å². The van der Waals surface area contributed by atoms with Crippen molar-refractivity contribution in [3.05, 3.63) is 96.2 Å². The third-order valence-corrected chi connectivity index (χ3v) is 4.06. The van der Waals surface area contributed by atoms with Crippen molar-refractivity contribution in [2.24, 2.45) is 0 Å². The molecule has 0 aliphatic rings. The summed E-state index contributed by atoms with van der Waals surface area (Å²) in [5.41, 5.74) is 5.02. The molecule has 22 heavy (non-hydrogen) atoms. The van der Waals surface area contributed by atoms with E-state index in [1.807, 2.05) is 0 Å². The van der Waals surface area contributed by atoms with Gasteiger partial charge in [0.05, 0.1) is 0 Å². The highest BCUT2D eigenvalue weighted by molar-refractivity contribution is 5.95. The molecule has 1 heterocycles. The van der Waals surface area contributed by atoms with Gasteiger partial charge < -0.3 is 4.98 Å². The summed E-state index contributed by atoms with van der Waals surface area (Å²) in [6, 6.07) is 29.9. The molecule has 1 nitrogen and oxygen atoms in total. The predicted octanol–water partition coefficient (Wildman–Crippen LogP) is 5.43. The van der Waals surface area contributed by atoms with Gasteiger partial charge in [0.15, 0.2) is 0 Å². The summed E-state index contributed by atoms with van der Waals surface area (Å²) in [7, 11) is 0. The van der Waals surface area contributed by atoms with Gasteiger partial charge in [0.25, 0.3) is 0 Å². The molecule has 1 N–H and O–H groups in total. The topological polar surface area (TPSA) is 15.8 Å². The lowest BCUT2D eigenvalue weighted by Crippen LogP contribution is -1.88. The highest BCUT2D eigenvalue weighted by Gasteiger charge is 2.06. The van der Waals surface area contributed by atoms with Gasteiger partial charge in [-0.2, -0.15) is 0 Å². The Balaban J connectivity index is 1.71. The van der Waals surface area contributed by atoms with Crippen LogP contribution in [0.25, 0.3) is 22.0 Å². The fraction of sp³-hybridized carbons (Fsp3) is 0.0476. The quantitative estimate of drug-likeness (QED) is 0.516. The molecular weight excluding hydrogens is 266 g/mol. The van der Waals surface area contributed by atoms with Crippen LogP contribution in [0.5, 0.6) is 0 Å². The molecule has 0 aliphatic carbocycles. The first-order valence-corrected chi connectivity index (χ1v) is 7.60. The minimum absolute atomic E-state index is 0.936. The summed E-state index contributed by atoms with van der Waals surface area (Å²) < 4.78 is 0. The minimum atomic E-state index is 0.936. The molecule has 0 spiro atoms. The molecule has 0 saturated carbocycles. The second-order valence-corrected chi connectivity index (χ2v) is 5.59. The highest BCUT2D eigenvalue weighted by atomic mass is 14.7. The van der Waals surface area contributed by atoms with E-state index in [1.165, 1.54) is 33.3 Å². The van der Waals surface area contributed by atoms with E-state index in [0.29, 0.717) is 0 Å². The van der Waals surface area contributed by atoms with Crippen LogP contribution in [0.3, 0.4) is 0 Å². The Morgan fingerprint density at radius 2 is 1.41 bits per heavy atom. The Bertz CT molecular complexity index is 898. The zero-order valence-corrected chi connectivity index (χ0v) is 12.3. The molecule has 0 aliphatic heterocycles. The van der Waals surface area contributed by atoms with Crippen molar-refractivity contribution < 1.29 is 0 Å². The summed E-state index contributed by atoms with van der Waals surface area (Å²) in [6.45, 7) is 0. The van der Waals surface area contributed by atoms with E-state index in [2.05, 4.69) is 89.9 Å². The van der Waals surface area contributed by atoms with Crippen LogP contribution in [0.1, 0.15) is 11.3 Å². The molecule has 1 aromatic heterocycles. The maximum absolute atomic E-state index is 3.57. The molecule has 0 atom stereocenters. The van der Waals surface area contributed by atoms with Crippen molar-refractivity contribution in [2.45, 2.75) is 6.42 Å². The smallest absolute Gasteiger partial charge is 0.0462 e. The molecule has 4 rings (SSSR count). The molecular formula is C21H17N. The third-order valence-electron chi connectivity index (χ3n) is 4.06. The summed E-state index contributed by atoms with van der Waals surface area (Å²) in [5, 5.41) is 2.57. The first-order chi connectivity index (χ1) is 10.9. The molecule has 106 valence electrons. The van der Waals surface area contributed by atoms with Gasteiger partial charge in [-0.3, -0.25) is 0 Å². The Hall–Kier alpha value is -2.80. The van der Waals surface area contributed by atoms with Gasteiger partial charge in [-0.15, -0.1) is 0 Å². The molecule has 0 radical (unpaired) electrons. The number of rotatable bonds is 3. The average molecular weight is 283 g/mol. The molecule has 0 bridgehead atoms. The largest absolute Gasteiger partial charge is 0.358 e. The van der Waals surface area contributed by atoms with Gasteiger partial charge in [-0.25, -0.2) is 0 Å². The number of fused-ring (bicyclic) bond motifs is 1. The van der Waals surface area contributed by atoms with E-state index in [0.717, 1.165) is 6.42 Å². The first-order valence-electron chi connectivity index (χ1n) is 7.60. The molecule has 1 heteroatoms. The van der Waals surface area contributed by atoms with Crippen LogP contribution < -0.4 is 0 Å². The number of hydrogen-bond donors (Lipinski definition) is 1. The maximum Gasteiger partial charge on any atom is 0.0462 e. The minimum Gasteiger partial charge on any atom is -0.358 e. The van der Waals surface area contributed by atoms with Crippen LogP contribution in [0, 0.1) is 0 Å². The Labute approximate surface area is 130 Å². The first kappa shape index (κ1) is 12.9. The zero-order chi connectivity index (χ0) is 14.8. The summed E-state index contributed by atoms with van der Waals surface area (Å²) in [6.07, 6.45) is 0.936. The lowest BCUT2D eigenvalue weighted by atomic mass is 10.0. The van der Waals surface area contributed by atoms with Crippen LogP contribution >= 0.6 is 0 Å². The fourth-order valence-corrected chi connectivity index (χ4v) is 2.98. The summed E-state index contributed by atoms with van der Waals surface area (Å²) in [5.74, 6) is 0. The number of aromatic amines is 1. The highest BCUT2D eigenvalue weighted by Crippen LogP contribution is 2.28. The van der Waals surface area contributed by atoms with E-state index >= 15 is 0 Å². The summed E-state index contributed by atoms with van der Waals surface area (Å²) in [4.78, 5) is 3.57. The number of benzene rings is 3. The van der Waals surface area contributed by atoms with E-state index in [-0.39, 0.29) is 0 Å². The lowest BCUT2D eigenvalue weighted by molar-refractivity contribution is 1.11. The molecule has 0 unspecified atom stereocenters. The number of aromatic nitrogens is 1. The maximum atomic E-state index is 3.57. The van der Waals surface area contributed by atoms with E-state index < -0.39 is 0 Å². The average Bonchev–Trinajstić information content (AvgIpc) is 3.03. The van der Waals surface area contributed by atoms with Gasteiger partial charge in [-0.1, -0.05) is 72.8 Å². The normalized spacial score (nSPS) is 10.9. The van der Waals surface area contributed by atoms with Crippen molar-refractivity contribution in [1.82, 2.24) is 4.98 Å². The van der Waals surface area contributed by atoms with Crippen LogP contribution in [-0.2, 0) is 6.42 Å². The van der Waals surface area contributed by atoms with Crippen molar-refractivity contribution >= 4 is 10.8 Å². The molecule has 0 saturated heterocycles. The van der Waals surface area contributed by atoms with Gasteiger partial charge in [0, 0.05) is 23.4 Å². The van der Waals surface area contributed by atoms with E-state index in [9.17, 15) is 0 Å². The standard InChI is InChI=1S/C21H17N/c1-2-7-16(8-3-1)15-18-13-14-21(22-18)20-12-6-10-17-9-4-5-11-19(17)20/h1-14,22H,15H2. The van der Waals surface area contributed by atoms with Crippen molar-refractivity contribution in [2.75, 3.05) is 0 Å². The van der Waals surface area contributed by atoms with Gasteiger partial charge in [-0.05, 0) is 28.5 Å². The SMILES string of the molecule is c1ccc(Cc2ccc(-c3cccc4ccccc34)[nH]2)cc1. The number of hydrogen-bond acceptors (Lipinski definition) is 0. The van der Waals surface area contributed by atoms with Crippen molar-refractivity contribution in [3.8, 4) is 11.3 Å². The van der Waals surface area contributed by atoms with Crippen molar-refractivity contribution in [1.29, 1.82) is 0 Å². The Morgan fingerprint density at radius 3 is 2.32 bits per heavy atom. The lowest BCUT2D eigenvalue weighted by Gasteiger charge is -2.05. The molecule has 4 aromatic rings. The molecule has 0 fully saturated rings. The fourth-order valence-electron chi connectivity index (χ4n) is 2.98. The Morgan fingerprint density at radius 1 is 0.636 bits per heavy atom. The van der Waals surface area contributed by atoms with E-state index in [4.69, 9.17) is 0 Å². The summed E-state index contributed by atoms with van der Waals surface area (Å²) >= 11 is 0. The third kappa shape index (κ3) is 2.42. The second-order valence-electron chi connectivity index (χ2n) is 5.59. The number of nitrogens with one attached hydrogen (secondary N) is 1. The van der Waals surface area contributed by atoms with Crippen molar-refractivity contribution in [3.63, 3.8) is 0 Å². The van der Waals surface area contributed by atoms with Crippen LogP contribution in [0.15, 0.2) is 84.9 Å². The molecule has 0 amide bonds. The van der Waals surface area contributed by atoms with Crippen LogP contribution in [0.4, 0.5) is 0 Å². The van der Waals surface area contributed by atoms with Crippen LogP contribution in [0.2, 0.25) is 0 Å². The van der Waals surface area contributed by atoms with Gasteiger partial charge in [0.1, 0.15) is 0 Å². The monoisotopic (exact) mass is 283 g/mol.